The highest BCUT2D eigenvalue weighted by molar-refractivity contribution is 7.17. The first-order valence-corrected chi connectivity index (χ1v) is 7.99. The third kappa shape index (κ3) is 2.85. The molecule has 0 aliphatic heterocycles. The number of rotatable bonds is 5. The van der Waals surface area contributed by atoms with Crippen LogP contribution in [-0.2, 0) is 24.4 Å². The normalized spacial score (nSPS) is 11.0. The molecule has 3 rings (SSSR count). The number of amides is 1. The Labute approximate surface area is 134 Å². The van der Waals surface area contributed by atoms with Gasteiger partial charge in [-0.3, -0.25) is 18.7 Å². The predicted molar refractivity (Wildman–Crippen MR) is 86.6 cm³/mol. The molecule has 0 atom stereocenters. The molecule has 1 amide bonds. The van der Waals surface area contributed by atoms with Crippen LogP contribution >= 0.6 is 11.3 Å². The van der Waals surface area contributed by atoms with Gasteiger partial charge in [-0.25, -0.2) is 4.79 Å². The monoisotopic (exact) mass is 333 g/mol. The van der Waals surface area contributed by atoms with E-state index in [1.54, 1.807) is 30.5 Å². The van der Waals surface area contributed by atoms with Gasteiger partial charge in [-0.15, -0.1) is 11.3 Å². The van der Waals surface area contributed by atoms with E-state index in [0.29, 0.717) is 16.0 Å². The summed E-state index contributed by atoms with van der Waals surface area (Å²) in [5.41, 5.74) is -0.297. The van der Waals surface area contributed by atoms with Gasteiger partial charge in [0.05, 0.1) is 18.3 Å². The second-order valence-electron chi connectivity index (χ2n) is 4.91. The summed E-state index contributed by atoms with van der Waals surface area (Å²) in [6, 6.07) is 5.17. The predicted octanol–water partition coefficient (Wildman–Crippen LogP) is 1.15. The topological polar surface area (TPSA) is 86.2 Å². The third-order valence-corrected chi connectivity index (χ3v) is 4.39. The van der Waals surface area contributed by atoms with Gasteiger partial charge in [0.2, 0.25) is 5.91 Å². The Morgan fingerprint density at radius 3 is 2.83 bits per heavy atom. The summed E-state index contributed by atoms with van der Waals surface area (Å²) in [7, 11) is 0. The number of aromatic nitrogens is 2. The molecule has 0 aromatic carbocycles. The molecule has 0 radical (unpaired) electrons. The Kier molecular flexibility index (Phi) is 4.16. The van der Waals surface area contributed by atoms with Crippen molar-refractivity contribution in [3.8, 4) is 0 Å². The standard InChI is InChI=1S/C15H15N3O4S/c1-2-17-14(20)13-11(5-7-23-13)18(15(17)21)9-12(19)16-8-10-4-3-6-22-10/h3-7H,2,8-9H2,1H3,(H,16,19). The number of carbonyl (C=O) groups is 1. The van der Waals surface area contributed by atoms with E-state index >= 15 is 0 Å². The first-order chi connectivity index (χ1) is 11.1. The molecule has 0 saturated heterocycles. The molecule has 3 aromatic rings. The molecule has 0 bridgehead atoms. The molecule has 0 spiro atoms. The Hall–Kier alpha value is -2.61. The number of nitrogens with zero attached hydrogens (tertiary/aromatic N) is 2. The molecule has 0 aliphatic rings. The van der Waals surface area contributed by atoms with Crippen LogP contribution in [0.4, 0.5) is 0 Å². The maximum absolute atomic E-state index is 12.4. The first kappa shape index (κ1) is 15.3. The van der Waals surface area contributed by atoms with E-state index < -0.39 is 5.69 Å². The Balaban J connectivity index is 1.90. The van der Waals surface area contributed by atoms with E-state index in [1.165, 1.54) is 22.2 Å². The van der Waals surface area contributed by atoms with E-state index in [4.69, 9.17) is 4.42 Å². The van der Waals surface area contributed by atoms with Crippen molar-refractivity contribution in [3.63, 3.8) is 0 Å². The Morgan fingerprint density at radius 2 is 2.13 bits per heavy atom. The molecule has 3 aromatic heterocycles. The summed E-state index contributed by atoms with van der Waals surface area (Å²) in [4.78, 5) is 36.8. The lowest BCUT2D eigenvalue weighted by Crippen LogP contribution is -2.41. The molecule has 0 saturated carbocycles. The van der Waals surface area contributed by atoms with Crippen LogP contribution < -0.4 is 16.6 Å². The van der Waals surface area contributed by atoms with Crippen LogP contribution in [0.2, 0.25) is 0 Å². The molecule has 120 valence electrons. The molecule has 0 unspecified atom stereocenters. The van der Waals surface area contributed by atoms with Crippen molar-refractivity contribution in [3.05, 3.63) is 56.4 Å². The minimum absolute atomic E-state index is 0.146. The summed E-state index contributed by atoms with van der Waals surface area (Å²) in [5.74, 6) is 0.308. The smallest absolute Gasteiger partial charge is 0.331 e. The Morgan fingerprint density at radius 1 is 1.30 bits per heavy atom. The quantitative estimate of drug-likeness (QED) is 0.759. The van der Waals surface area contributed by atoms with Crippen molar-refractivity contribution >= 4 is 27.5 Å². The van der Waals surface area contributed by atoms with Crippen LogP contribution in [-0.4, -0.2) is 15.0 Å². The van der Waals surface area contributed by atoms with Gasteiger partial charge in [-0.2, -0.15) is 0 Å². The van der Waals surface area contributed by atoms with E-state index in [-0.39, 0.29) is 31.1 Å². The van der Waals surface area contributed by atoms with E-state index in [9.17, 15) is 14.4 Å². The van der Waals surface area contributed by atoms with Crippen LogP contribution in [0, 0.1) is 0 Å². The van der Waals surface area contributed by atoms with Crippen LogP contribution in [0.5, 0.6) is 0 Å². The number of fused-ring (bicyclic) bond motifs is 1. The fourth-order valence-corrected chi connectivity index (χ4v) is 3.21. The van der Waals surface area contributed by atoms with Gasteiger partial charge >= 0.3 is 5.69 Å². The molecule has 1 N–H and O–H groups in total. The maximum atomic E-state index is 12.4. The summed E-state index contributed by atoms with van der Waals surface area (Å²) in [6.45, 7) is 2.09. The lowest BCUT2D eigenvalue weighted by Gasteiger charge is -2.10. The lowest BCUT2D eigenvalue weighted by atomic mass is 10.4. The second kappa shape index (κ2) is 6.25. The van der Waals surface area contributed by atoms with Gasteiger partial charge < -0.3 is 9.73 Å². The summed E-state index contributed by atoms with van der Waals surface area (Å²) >= 11 is 1.27. The highest BCUT2D eigenvalue weighted by Gasteiger charge is 2.15. The molecule has 8 heteroatoms. The molecular formula is C15H15N3O4S. The highest BCUT2D eigenvalue weighted by atomic mass is 32.1. The Bertz CT molecular complexity index is 949. The van der Waals surface area contributed by atoms with E-state index in [0.717, 1.165) is 4.57 Å². The average Bonchev–Trinajstić information content (AvgIpc) is 3.21. The fraction of sp³-hybridized carbons (Fsp3) is 0.267. The van der Waals surface area contributed by atoms with Crippen molar-refractivity contribution in [2.24, 2.45) is 0 Å². The van der Waals surface area contributed by atoms with Gasteiger partial charge in [0, 0.05) is 6.54 Å². The van der Waals surface area contributed by atoms with Crippen LogP contribution in [0.15, 0.2) is 43.8 Å². The first-order valence-electron chi connectivity index (χ1n) is 7.11. The van der Waals surface area contributed by atoms with Gasteiger partial charge in [0.15, 0.2) is 0 Å². The largest absolute Gasteiger partial charge is 0.467 e. The molecule has 0 aliphatic carbocycles. The molecule has 7 nitrogen and oxygen atoms in total. The van der Waals surface area contributed by atoms with Crippen molar-refractivity contribution in [2.45, 2.75) is 26.6 Å². The number of thiophene rings is 1. The fourth-order valence-electron chi connectivity index (χ4n) is 2.36. The third-order valence-electron chi connectivity index (χ3n) is 3.49. The summed E-state index contributed by atoms with van der Waals surface area (Å²) < 4.78 is 8.08. The molecule has 3 heterocycles. The van der Waals surface area contributed by atoms with Crippen LogP contribution in [0.25, 0.3) is 10.2 Å². The number of hydrogen-bond acceptors (Lipinski definition) is 5. The van der Waals surface area contributed by atoms with E-state index in [2.05, 4.69) is 5.32 Å². The maximum Gasteiger partial charge on any atom is 0.331 e. The zero-order valence-corrected chi connectivity index (χ0v) is 13.3. The summed E-state index contributed by atoms with van der Waals surface area (Å²) in [6.07, 6.45) is 1.53. The number of nitrogens with one attached hydrogen (secondary N) is 1. The lowest BCUT2D eigenvalue weighted by molar-refractivity contribution is -0.121. The SMILES string of the molecule is CCn1c(=O)c2sccc2n(CC(=O)NCc2ccco2)c1=O. The number of furan rings is 1. The summed E-state index contributed by atoms with van der Waals surface area (Å²) in [5, 5.41) is 4.43. The van der Waals surface area contributed by atoms with Crippen molar-refractivity contribution in [2.75, 3.05) is 0 Å². The van der Waals surface area contributed by atoms with E-state index in [1.807, 2.05) is 0 Å². The molecule has 23 heavy (non-hydrogen) atoms. The van der Waals surface area contributed by atoms with Gasteiger partial charge in [0.1, 0.15) is 17.0 Å². The van der Waals surface area contributed by atoms with Gasteiger partial charge in [-0.1, -0.05) is 0 Å². The number of hydrogen-bond donors (Lipinski definition) is 1. The van der Waals surface area contributed by atoms with Gasteiger partial charge in [-0.05, 0) is 30.5 Å². The number of carbonyl (C=O) groups excluding carboxylic acids is 1. The van der Waals surface area contributed by atoms with Crippen molar-refractivity contribution in [1.82, 2.24) is 14.5 Å². The zero-order chi connectivity index (χ0) is 16.4. The molecular weight excluding hydrogens is 318 g/mol. The minimum atomic E-state index is -0.475. The van der Waals surface area contributed by atoms with Crippen LogP contribution in [0.3, 0.4) is 0 Å². The highest BCUT2D eigenvalue weighted by Crippen LogP contribution is 2.15. The van der Waals surface area contributed by atoms with Gasteiger partial charge in [0.25, 0.3) is 5.56 Å². The van der Waals surface area contributed by atoms with Crippen molar-refractivity contribution < 1.29 is 9.21 Å². The zero-order valence-electron chi connectivity index (χ0n) is 12.4. The molecule has 0 fully saturated rings. The average molecular weight is 333 g/mol. The van der Waals surface area contributed by atoms with Crippen LogP contribution in [0.1, 0.15) is 12.7 Å². The minimum Gasteiger partial charge on any atom is -0.467 e. The second-order valence-corrected chi connectivity index (χ2v) is 5.83. The van der Waals surface area contributed by atoms with Crippen molar-refractivity contribution in [1.29, 1.82) is 0 Å².